The average molecular weight is 345 g/mol. The third kappa shape index (κ3) is 5.19. The summed E-state index contributed by atoms with van der Waals surface area (Å²) in [6.45, 7) is 14.6. The van der Waals surface area contributed by atoms with Gasteiger partial charge in [0, 0.05) is 0 Å². The summed E-state index contributed by atoms with van der Waals surface area (Å²) in [6.07, 6.45) is -0.513. The minimum Gasteiger partial charge on any atom is -0.414 e. The van der Waals surface area contributed by atoms with Crippen LogP contribution in [0, 0.1) is 6.92 Å². The maximum absolute atomic E-state index is 12.2. The molecular formula is C16H28O4SSi. The van der Waals surface area contributed by atoms with Crippen LogP contribution < -0.4 is 0 Å². The molecule has 0 aliphatic heterocycles. The molecule has 0 aromatic heterocycles. The van der Waals surface area contributed by atoms with Crippen LogP contribution in [0.1, 0.15) is 33.3 Å². The summed E-state index contributed by atoms with van der Waals surface area (Å²) in [5.74, 6) is 0. The number of benzene rings is 1. The molecular weight excluding hydrogens is 316 g/mol. The molecule has 1 aromatic rings. The third-order valence-corrected chi connectivity index (χ3v) is 10.0. The standard InChI is InChI=1S/C16H28O4SSi/c1-13-8-10-15(11-9-13)21(17,18)20-14(2)12-19-22(6,7)16(3,4)5/h8-11,14H,12H2,1-7H3. The van der Waals surface area contributed by atoms with Crippen LogP contribution in [0.3, 0.4) is 0 Å². The molecule has 0 saturated carbocycles. The van der Waals surface area contributed by atoms with E-state index in [1.54, 1.807) is 31.2 Å². The third-order valence-electron chi connectivity index (χ3n) is 4.09. The van der Waals surface area contributed by atoms with Crippen LogP contribution in [0.4, 0.5) is 0 Å². The van der Waals surface area contributed by atoms with Crippen molar-refractivity contribution in [3.63, 3.8) is 0 Å². The first-order chi connectivity index (χ1) is 9.85. The molecule has 22 heavy (non-hydrogen) atoms. The Bertz CT molecular complexity index is 586. The zero-order chi connectivity index (χ0) is 17.2. The number of hydrogen-bond donors (Lipinski definition) is 0. The Morgan fingerprint density at radius 2 is 1.64 bits per heavy atom. The van der Waals surface area contributed by atoms with Gasteiger partial charge >= 0.3 is 0 Å². The Morgan fingerprint density at radius 1 is 1.14 bits per heavy atom. The minimum absolute atomic E-state index is 0.0859. The first-order valence-electron chi connectivity index (χ1n) is 7.49. The fourth-order valence-corrected chi connectivity index (χ4v) is 3.70. The lowest BCUT2D eigenvalue weighted by Gasteiger charge is -2.36. The van der Waals surface area contributed by atoms with Gasteiger partial charge in [-0.05, 0) is 44.1 Å². The SMILES string of the molecule is Cc1ccc(S(=O)(=O)OC(C)CO[Si](C)(C)C(C)(C)C)cc1. The van der Waals surface area contributed by atoms with E-state index in [9.17, 15) is 8.42 Å². The number of hydrogen-bond acceptors (Lipinski definition) is 4. The van der Waals surface area contributed by atoms with Crippen molar-refractivity contribution < 1.29 is 17.0 Å². The highest BCUT2D eigenvalue weighted by atomic mass is 32.2. The van der Waals surface area contributed by atoms with Crippen LogP contribution in [0.15, 0.2) is 29.2 Å². The number of rotatable bonds is 6. The van der Waals surface area contributed by atoms with Gasteiger partial charge in [-0.3, -0.25) is 4.18 Å². The minimum atomic E-state index is -3.74. The Kier molecular flexibility index (Phi) is 6.00. The average Bonchev–Trinajstić information content (AvgIpc) is 2.35. The van der Waals surface area contributed by atoms with E-state index < -0.39 is 24.5 Å². The lowest BCUT2D eigenvalue weighted by Crippen LogP contribution is -2.42. The van der Waals surface area contributed by atoms with Gasteiger partial charge < -0.3 is 4.43 Å². The van der Waals surface area contributed by atoms with E-state index in [0.717, 1.165) is 5.56 Å². The summed E-state index contributed by atoms with van der Waals surface area (Å²) in [7, 11) is -5.65. The van der Waals surface area contributed by atoms with Crippen LogP contribution in [-0.2, 0) is 18.7 Å². The van der Waals surface area contributed by atoms with Crippen molar-refractivity contribution >= 4 is 18.4 Å². The van der Waals surface area contributed by atoms with Gasteiger partial charge in [0.1, 0.15) is 0 Å². The molecule has 4 nitrogen and oxygen atoms in total. The molecule has 0 fully saturated rings. The van der Waals surface area contributed by atoms with Crippen LogP contribution in [-0.4, -0.2) is 29.4 Å². The van der Waals surface area contributed by atoms with Gasteiger partial charge in [0.15, 0.2) is 8.32 Å². The molecule has 0 amide bonds. The van der Waals surface area contributed by atoms with Crippen molar-refractivity contribution in [2.24, 2.45) is 0 Å². The lowest BCUT2D eigenvalue weighted by atomic mass is 10.2. The summed E-state index contributed by atoms with van der Waals surface area (Å²) in [5, 5.41) is 0.0859. The van der Waals surface area contributed by atoms with Gasteiger partial charge in [-0.1, -0.05) is 38.5 Å². The zero-order valence-electron chi connectivity index (χ0n) is 14.6. The smallest absolute Gasteiger partial charge is 0.297 e. The van der Waals surface area contributed by atoms with E-state index in [1.165, 1.54) is 0 Å². The molecule has 6 heteroatoms. The van der Waals surface area contributed by atoms with E-state index in [0.29, 0.717) is 0 Å². The van der Waals surface area contributed by atoms with Crippen LogP contribution in [0.5, 0.6) is 0 Å². The molecule has 0 aliphatic carbocycles. The van der Waals surface area contributed by atoms with Gasteiger partial charge in [0.05, 0.1) is 17.6 Å². The topological polar surface area (TPSA) is 52.6 Å². The van der Waals surface area contributed by atoms with Gasteiger partial charge in [-0.2, -0.15) is 8.42 Å². The first kappa shape index (κ1) is 19.4. The second-order valence-electron chi connectivity index (χ2n) is 7.25. The highest BCUT2D eigenvalue weighted by Crippen LogP contribution is 2.36. The Labute approximate surface area is 136 Å². The molecule has 0 N–H and O–H groups in total. The largest absolute Gasteiger partial charge is 0.414 e. The molecule has 0 heterocycles. The van der Waals surface area contributed by atoms with E-state index >= 15 is 0 Å². The van der Waals surface area contributed by atoms with E-state index in [-0.39, 0.29) is 16.5 Å². The second kappa shape index (κ2) is 6.82. The zero-order valence-corrected chi connectivity index (χ0v) is 16.5. The molecule has 0 spiro atoms. The van der Waals surface area contributed by atoms with Gasteiger partial charge in [-0.25, -0.2) is 0 Å². The van der Waals surface area contributed by atoms with Crippen molar-refractivity contribution in [3.8, 4) is 0 Å². The second-order valence-corrected chi connectivity index (χ2v) is 13.6. The number of aryl methyl sites for hydroxylation is 1. The molecule has 0 radical (unpaired) electrons. The molecule has 0 bridgehead atoms. The van der Waals surface area contributed by atoms with Crippen LogP contribution in [0.25, 0.3) is 0 Å². The molecule has 126 valence electrons. The van der Waals surface area contributed by atoms with Gasteiger partial charge in [0.25, 0.3) is 10.1 Å². The molecule has 1 aromatic carbocycles. The highest BCUT2D eigenvalue weighted by molar-refractivity contribution is 7.86. The normalized spacial score (nSPS) is 14.9. The molecule has 1 unspecified atom stereocenters. The Morgan fingerprint density at radius 3 is 2.09 bits per heavy atom. The monoisotopic (exact) mass is 344 g/mol. The van der Waals surface area contributed by atoms with E-state index in [2.05, 4.69) is 33.9 Å². The highest BCUT2D eigenvalue weighted by Gasteiger charge is 2.37. The first-order valence-corrected chi connectivity index (χ1v) is 11.8. The molecule has 0 aliphatic rings. The summed E-state index contributed by atoms with van der Waals surface area (Å²) < 4.78 is 35.7. The van der Waals surface area contributed by atoms with Crippen molar-refractivity contribution in [3.05, 3.63) is 29.8 Å². The van der Waals surface area contributed by atoms with Gasteiger partial charge in [0.2, 0.25) is 0 Å². The van der Waals surface area contributed by atoms with E-state index in [4.69, 9.17) is 8.61 Å². The van der Waals surface area contributed by atoms with E-state index in [1.807, 2.05) is 6.92 Å². The fourth-order valence-electron chi connectivity index (χ4n) is 1.55. The summed E-state index contributed by atoms with van der Waals surface area (Å²) in [5.41, 5.74) is 1.01. The van der Waals surface area contributed by atoms with Crippen LogP contribution in [0.2, 0.25) is 18.1 Å². The maximum atomic E-state index is 12.2. The fraction of sp³-hybridized carbons (Fsp3) is 0.625. The molecule has 1 atom stereocenters. The van der Waals surface area contributed by atoms with Gasteiger partial charge in [-0.15, -0.1) is 0 Å². The predicted molar refractivity (Wildman–Crippen MR) is 92.1 cm³/mol. The van der Waals surface area contributed by atoms with Crippen molar-refractivity contribution in [1.29, 1.82) is 0 Å². The Hall–Kier alpha value is -0.693. The maximum Gasteiger partial charge on any atom is 0.297 e. The molecule has 0 saturated heterocycles. The van der Waals surface area contributed by atoms with Crippen molar-refractivity contribution in [2.45, 2.75) is 63.8 Å². The quantitative estimate of drug-likeness (QED) is 0.575. The van der Waals surface area contributed by atoms with Crippen molar-refractivity contribution in [1.82, 2.24) is 0 Å². The predicted octanol–water partition coefficient (Wildman–Crippen LogP) is 4.11. The summed E-state index contributed by atoms with van der Waals surface area (Å²) in [6, 6.07) is 6.64. The summed E-state index contributed by atoms with van der Waals surface area (Å²) >= 11 is 0. The van der Waals surface area contributed by atoms with Crippen molar-refractivity contribution in [2.75, 3.05) is 6.61 Å². The summed E-state index contributed by atoms with van der Waals surface area (Å²) in [4.78, 5) is 0.178. The van der Waals surface area contributed by atoms with Crippen LogP contribution >= 0.6 is 0 Å². The lowest BCUT2D eigenvalue weighted by molar-refractivity contribution is 0.139. The Balaban J connectivity index is 2.69. The molecule has 1 rings (SSSR count).